The largest absolute Gasteiger partial charge is 0.459 e. The Kier molecular flexibility index (Phi) is 9.60. The number of nitrogens with zero attached hydrogens (tertiary/aromatic N) is 2. The quantitative estimate of drug-likeness (QED) is 0.0909. The van der Waals surface area contributed by atoms with Crippen LogP contribution in [0.1, 0.15) is 19.6 Å². The number of aliphatic hydroxyl groups excluding tert-OH is 6. The molecule has 0 bridgehead atoms. The van der Waals surface area contributed by atoms with Crippen LogP contribution in [0.3, 0.4) is 0 Å². The van der Waals surface area contributed by atoms with E-state index in [1.165, 1.54) is 6.07 Å². The van der Waals surface area contributed by atoms with Gasteiger partial charge in [-0.05, 0) is 6.07 Å². The fourth-order valence-corrected chi connectivity index (χ4v) is 5.90. The van der Waals surface area contributed by atoms with Gasteiger partial charge >= 0.3 is 19.3 Å². The molecule has 2 saturated heterocycles. The van der Waals surface area contributed by atoms with E-state index in [0.717, 1.165) is 17.7 Å². The number of aromatic nitrogens is 2. The molecule has 20 nitrogen and oxygen atoms in total. The lowest BCUT2D eigenvalue weighted by atomic mass is 9.87. The van der Waals surface area contributed by atoms with Gasteiger partial charge in [-0.15, -0.1) is 0 Å². The fraction of sp³-hybridized carbons (Fsp3) is 0.700. The van der Waals surface area contributed by atoms with Crippen LogP contribution in [0.5, 0.6) is 0 Å². The molecule has 0 unspecified atom stereocenters. The van der Waals surface area contributed by atoms with Gasteiger partial charge in [0.05, 0.1) is 12.7 Å². The number of ether oxygens (including phenoxy) is 3. The van der Waals surface area contributed by atoms with E-state index in [-0.39, 0.29) is 5.82 Å². The minimum absolute atomic E-state index is 0.135. The molecular formula is C20H31N4O16P. The molecule has 21 heteroatoms. The van der Waals surface area contributed by atoms with Gasteiger partial charge in [0.1, 0.15) is 49.0 Å². The Morgan fingerprint density at radius 3 is 2.46 bits per heavy atom. The number of esters is 1. The number of aliphatic hydroxyl groups is 7. The molecule has 3 heterocycles. The van der Waals surface area contributed by atoms with Crippen LogP contribution in [-0.4, -0.2) is 134 Å². The van der Waals surface area contributed by atoms with Crippen molar-refractivity contribution in [2.24, 2.45) is 0 Å². The predicted octanol–water partition coefficient (Wildman–Crippen LogP) is -6.45. The van der Waals surface area contributed by atoms with Crippen LogP contribution >= 0.6 is 7.60 Å². The molecule has 1 aromatic rings. The van der Waals surface area contributed by atoms with Gasteiger partial charge in [-0.1, -0.05) is 0 Å². The van der Waals surface area contributed by atoms with Gasteiger partial charge in [-0.2, -0.15) is 4.98 Å². The van der Waals surface area contributed by atoms with Gasteiger partial charge in [0.25, 0.3) is 5.79 Å². The number of carbonyl (C=O) groups is 2. The standard InChI is InChI=1S/C20H31N4O16P/c1-7(26)23-20(41(35,36)37)10(28)4-19(34,40-15(20)12(29)8(27)5-25)17(32)38-6-9-13(30)14(31)16(39-9)24-3-2-11(21)22-18(24)33/h2-3,8-10,12-16,25,27-31,34H,4-6H2,1H3,(H,23,26)(H2,21,22,33)(H2,35,36,37)/t8-,9-,10+,12-,13-,14-,15+,16-,19+,20+/m1/s1. The Balaban J connectivity index is 1.85. The summed E-state index contributed by atoms with van der Waals surface area (Å²) in [6.45, 7) is -1.35. The van der Waals surface area contributed by atoms with Crippen molar-refractivity contribution in [2.45, 2.75) is 73.4 Å². The summed E-state index contributed by atoms with van der Waals surface area (Å²) in [5.41, 5.74) is 4.47. The Bertz CT molecular complexity index is 1240. The topological polar surface area (TPSA) is 334 Å². The van der Waals surface area contributed by atoms with E-state index in [4.69, 9.17) is 19.9 Å². The number of anilines is 1. The smallest absolute Gasteiger partial charge is 0.366 e. The fourth-order valence-electron chi connectivity index (χ4n) is 4.58. The third kappa shape index (κ3) is 6.14. The summed E-state index contributed by atoms with van der Waals surface area (Å²) in [6.07, 6.45) is -16.7. The summed E-state index contributed by atoms with van der Waals surface area (Å²) in [6, 6.07) is 1.20. The minimum Gasteiger partial charge on any atom is -0.459 e. The van der Waals surface area contributed by atoms with Gasteiger partial charge in [-0.25, -0.2) is 9.59 Å². The maximum atomic E-state index is 12.9. The van der Waals surface area contributed by atoms with E-state index >= 15 is 0 Å². The molecule has 0 radical (unpaired) electrons. The second-order valence-corrected chi connectivity index (χ2v) is 11.3. The number of nitrogen functional groups attached to an aromatic ring is 1. The van der Waals surface area contributed by atoms with Gasteiger partial charge < -0.3 is 70.8 Å². The van der Waals surface area contributed by atoms with Crippen molar-refractivity contribution in [3.05, 3.63) is 22.7 Å². The number of amides is 1. The lowest BCUT2D eigenvalue weighted by Crippen LogP contribution is -2.74. The van der Waals surface area contributed by atoms with Crippen LogP contribution in [0.2, 0.25) is 0 Å². The highest BCUT2D eigenvalue weighted by atomic mass is 31.2. The molecular weight excluding hydrogens is 583 g/mol. The molecule has 0 aromatic carbocycles. The summed E-state index contributed by atoms with van der Waals surface area (Å²) < 4.78 is 28.7. The average Bonchev–Trinajstić information content (AvgIpc) is 3.15. The third-order valence-corrected chi connectivity index (χ3v) is 8.27. The summed E-state index contributed by atoms with van der Waals surface area (Å²) in [5.74, 6) is -6.34. The molecule has 2 fully saturated rings. The Hall–Kier alpha value is -2.59. The number of nitrogens with one attached hydrogen (secondary N) is 1. The molecule has 3 rings (SSSR count). The van der Waals surface area contributed by atoms with E-state index in [1.54, 1.807) is 5.32 Å². The summed E-state index contributed by atoms with van der Waals surface area (Å²) in [4.78, 5) is 60.3. The van der Waals surface area contributed by atoms with Crippen molar-refractivity contribution in [3.8, 4) is 0 Å². The lowest BCUT2D eigenvalue weighted by Gasteiger charge is -2.52. The molecule has 2 aliphatic rings. The van der Waals surface area contributed by atoms with Crippen LogP contribution in [-0.2, 0) is 28.4 Å². The SMILES string of the molecule is CC(=O)N[C@]1(P(=O)(O)O)[C@@H](O)C[C@@](O)(C(=O)OC[C@H]2O[C@@H](n3ccc(N)nc3=O)[C@H](O)[C@@H]2O)O[C@H]1[C@H](O)[C@H](O)CO. The molecule has 0 saturated carbocycles. The van der Waals surface area contributed by atoms with E-state index in [0.29, 0.717) is 0 Å². The first-order valence-electron chi connectivity index (χ1n) is 11.8. The molecule has 12 N–H and O–H groups in total. The zero-order valence-corrected chi connectivity index (χ0v) is 22.1. The predicted molar refractivity (Wildman–Crippen MR) is 128 cm³/mol. The van der Waals surface area contributed by atoms with Crippen LogP contribution in [0, 0.1) is 0 Å². The minimum atomic E-state index is -5.76. The van der Waals surface area contributed by atoms with Gasteiger partial charge in [0.15, 0.2) is 11.5 Å². The first kappa shape index (κ1) is 32.9. The number of hydrogen-bond acceptors (Lipinski definition) is 16. The van der Waals surface area contributed by atoms with Crippen molar-refractivity contribution < 1.29 is 73.9 Å². The van der Waals surface area contributed by atoms with E-state index in [9.17, 15) is 64.5 Å². The normalized spacial score (nSPS) is 35.5. The second kappa shape index (κ2) is 12.0. The van der Waals surface area contributed by atoms with Crippen LogP contribution in [0.25, 0.3) is 0 Å². The molecule has 0 aliphatic carbocycles. The molecule has 1 aromatic heterocycles. The van der Waals surface area contributed by atoms with E-state index in [1.807, 2.05) is 0 Å². The Labute approximate surface area is 229 Å². The van der Waals surface area contributed by atoms with Crippen LogP contribution in [0.15, 0.2) is 17.1 Å². The molecule has 0 spiro atoms. The maximum Gasteiger partial charge on any atom is 0.366 e. The monoisotopic (exact) mass is 614 g/mol. The maximum absolute atomic E-state index is 12.9. The van der Waals surface area contributed by atoms with Crippen molar-refractivity contribution in [1.82, 2.24) is 14.9 Å². The van der Waals surface area contributed by atoms with Gasteiger partial charge in [-0.3, -0.25) is 13.9 Å². The molecule has 1 amide bonds. The van der Waals surface area contributed by atoms with Crippen molar-refractivity contribution in [1.29, 1.82) is 0 Å². The Morgan fingerprint density at radius 2 is 1.93 bits per heavy atom. The molecule has 232 valence electrons. The van der Waals surface area contributed by atoms with Gasteiger partial charge in [0, 0.05) is 19.5 Å². The Morgan fingerprint density at radius 1 is 1.29 bits per heavy atom. The number of hydrogen-bond donors (Lipinski definition) is 11. The average molecular weight is 614 g/mol. The first-order chi connectivity index (χ1) is 18.9. The first-order valence-corrected chi connectivity index (χ1v) is 13.4. The highest BCUT2D eigenvalue weighted by molar-refractivity contribution is 7.53. The third-order valence-electron chi connectivity index (χ3n) is 6.64. The molecule has 10 atom stereocenters. The summed E-state index contributed by atoms with van der Waals surface area (Å²) in [7, 11) is -5.76. The zero-order valence-electron chi connectivity index (χ0n) is 21.2. The molecule has 2 aliphatic heterocycles. The highest BCUT2D eigenvalue weighted by Crippen LogP contribution is 2.58. The summed E-state index contributed by atoms with van der Waals surface area (Å²) >= 11 is 0. The second-order valence-electron chi connectivity index (χ2n) is 9.52. The lowest BCUT2D eigenvalue weighted by molar-refractivity contribution is -0.305. The number of nitrogens with two attached hydrogens (primary N) is 1. The van der Waals surface area contributed by atoms with Crippen LogP contribution in [0.4, 0.5) is 5.82 Å². The van der Waals surface area contributed by atoms with Crippen molar-refractivity contribution in [3.63, 3.8) is 0 Å². The number of rotatable bonds is 9. The highest BCUT2D eigenvalue weighted by Gasteiger charge is 2.69. The summed E-state index contributed by atoms with van der Waals surface area (Å²) in [5, 5.41) is 70.6. The van der Waals surface area contributed by atoms with Crippen molar-refractivity contribution in [2.75, 3.05) is 18.9 Å². The van der Waals surface area contributed by atoms with E-state index < -0.39 is 105 Å². The number of carbonyl (C=O) groups excluding carboxylic acids is 2. The van der Waals surface area contributed by atoms with E-state index in [2.05, 4.69) is 4.98 Å². The zero-order chi connectivity index (χ0) is 31.1. The van der Waals surface area contributed by atoms with Crippen LogP contribution < -0.4 is 16.7 Å². The van der Waals surface area contributed by atoms with Crippen molar-refractivity contribution >= 4 is 25.3 Å². The molecule has 41 heavy (non-hydrogen) atoms. The van der Waals surface area contributed by atoms with Gasteiger partial charge in [0.2, 0.25) is 5.91 Å².